The van der Waals surface area contributed by atoms with Gasteiger partial charge in [0.15, 0.2) is 0 Å². The van der Waals surface area contributed by atoms with Gasteiger partial charge < -0.3 is 14.5 Å². The Morgan fingerprint density at radius 3 is 2.47 bits per heavy atom. The fourth-order valence-electron chi connectivity index (χ4n) is 4.68. The van der Waals surface area contributed by atoms with E-state index in [0.29, 0.717) is 12.1 Å². The van der Waals surface area contributed by atoms with Crippen molar-refractivity contribution in [1.29, 1.82) is 0 Å². The van der Waals surface area contributed by atoms with Gasteiger partial charge in [-0.25, -0.2) is 4.39 Å². The number of hydrogen-bond acceptors (Lipinski definition) is 3. The number of halogens is 1. The molecule has 2 aliphatic rings. The number of carbonyl (C=O) groups is 1. The van der Waals surface area contributed by atoms with Crippen LogP contribution in [0, 0.1) is 5.82 Å². The Morgan fingerprint density at radius 1 is 1.07 bits per heavy atom. The van der Waals surface area contributed by atoms with Gasteiger partial charge in [0.2, 0.25) is 0 Å². The zero-order chi connectivity index (χ0) is 20.9. The van der Waals surface area contributed by atoms with Gasteiger partial charge in [0.25, 0.3) is 5.91 Å². The molecule has 0 N–H and O–H groups in total. The summed E-state index contributed by atoms with van der Waals surface area (Å²) in [4.78, 5) is 17.1. The van der Waals surface area contributed by atoms with E-state index in [1.54, 1.807) is 24.1 Å². The van der Waals surface area contributed by atoms with Crippen LogP contribution in [0.15, 0.2) is 48.5 Å². The highest BCUT2D eigenvalue weighted by molar-refractivity contribution is 5.94. The molecule has 0 spiro atoms. The third kappa shape index (κ3) is 5.20. The smallest absolute Gasteiger partial charge is 0.254 e. The average molecular weight is 411 g/mol. The second-order valence-corrected chi connectivity index (χ2v) is 8.61. The van der Waals surface area contributed by atoms with Crippen molar-refractivity contribution in [3.05, 3.63) is 65.5 Å². The van der Waals surface area contributed by atoms with Crippen LogP contribution in [-0.4, -0.2) is 48.0 Å². The van der Waals surface area contributed by atoms with E-state index in [0.717, 1.165) is 43.3 Å². The summed E-state index contributed by atoms with van der Waals surface area (Å²) < 4.78 is 19.3. The second-order valence-electron chi connectivity index (χ2n) is 8.61. The molecule has 5 heteroatoms. The third-order valence-corrected chi connectivity index (χ3v) is 6.38. The van der Waals surface area contributed by atoms with E-state index >= 15 is 0 Å². The number of nitrogens with zero attached hydrogens (tertiary/aromatic N) is 2. The number of likely N-dealkylation sites (tertiary alicyclic amines) is 1. The van der Waals surface area contributed by atoms with E-state index in [4.69, 9.17) is 4.74 Å². The first kappa shape index (κ1) is 20.9. The van der Waals surface area contributed by atoms with Gasteiger partial charge in [-0.2, -0.15) is 0 Å². The van der Waals surface area contributed by atoms with Crippen molar-refractivity contribution in [3.8, 4) is 5.75 Å². The molecular weight excluding hydrogens is 379 g/mol. The van der Waals surface area contributed by atoms with Crippen molar-refractivity contribution >= 4 is 5.91 Å². The maximum atomic E-state index is 13.1. The molecule has 4 nitrogen and oxygen atoms in total. The molecule has 30 heavy (non-hydrogen) atoms. The monoisotopic (exact) mass is 410 g/mol. The predicted octanol–water partition coefficient (Wildman–Crippen LogP) is 4.88. The lowest BCUT2D eigenvalue weighted by atomic mass is 10.0. The summed E-state index contributed by atoms with van der Waals surface area (Å²) in [6.45, 7) is 2.65. The molecule has 160 valence electrons. The largest absolute Gasteiger partial charge is 0.490 e. The summed E-state index contributed by atoms with van der Waals surface area (Å²) in [6, 6.07) is 14.5. The Kier molecular flexibility index (Phi) is 6.68. The SMILES string of the molecule is CN(Cc1ccc(F)cc1)C(=O)c1cccc(OC2CCN(C3CCCC3)CC2)c1. The van der Waals surface area contributed by atoms with Gasteiger partial charge in [0.05, 0.1) is 0 Å². The Labute approximate surface area is 178 Å². The summed E-state index contributed by atoms with van der Waals surface area (Å²) in [5, 5.41) is 0. The molecule has 1 heterocycles. The van der Waals surface area contributed by atoms with Crippen LogP contribution < -0.4 is 4.74 Å². The fraction of sp³-hybridized carbons (Fsp3) is 0.480. The molecule has 0 radical (unpaired) electrons. The zero-order valence-electron chi connectivity index (χ0n) is 17.7. The zero-order valence-corrected chi connectivity index (χ0v) is 17.7. The number of rotatable bonds is 6. The molecule has 1 aliphatic carbocycles. The summed E-state index contributed by atoms with van der Waals surface area (Å²) >= 11 is 0. The molecule has 0 unspecified atom stereocenters. The Hall–Kier alpha value is -2.40. The Balaban J connectivity index is 1.32. The second kappa shape index (κ2) is 9.61. The molecule has 0 atom stereocenters. The van der Waals surface area contributed by atoms with E-state index < -0.39 is 0 Å². The molecule has 2 aromatic rings. The molecule has 1 amide bonds. The molecule has 2 aromatic carbocycles. The van der Waals surface area contributed by atoms with Crippen molar-refractivity contribution in [1.82, 2.24) is 9.80 Å². The lowest BCUT2D eigenvalue weighted by Crippen LogP contribution is -2.43. The first-order valence-corrected chi connectivity index (χ1v) is 11.1. The maximum absolute atomic E-state index is 13.1. The van der Waals surface area contributed by atoms with Crippen LogP contribution in [0.4, 0.5) is 4.39 Å². The molecule has 1 saturated heterocycles. The number of ether oxygens (including phenoxy) is 1. The van der Waals surface area contributed by atoms with Gasteiger partial charge in [-0.1, -0.05) is 31.0 Å². The van der Waals surface area contributed by atoms with E-state index in [2.05, 4.69) is 4.90 Å². The quantitative estimate of drug-likeness (QED) is 0.680. The van der Waals surface area contributed by atoms with Gasteiger partial charge in [-0.3, -0.25) is 4.79 Å². The molecular formula is C25H31FN2O2. The van der Waals surface area contributed by atoms with Crippen LogP contribution >= 0.6 is 0 Å². The van der Waals surface area contributed by atoms with Crippen LogP contribution in [-0.2, 0) is 6.54 Å². The van der Waals surface area contributed by atoms with Gasteiger partial charge in [-0.15, -0.1) is 0 Å². The highest BCUT2D eigenvalue weighted by Crippen LogP contribution is 2.27. The Morgan fingerprint density at radius 2 is 1.77 bits per heavy atom. The summed E-state index contributed by atoms with van der Waals surface area (Å²) in [5.41, 5.74) is 1.51. The molecule has 2 fully saturated rings. The van der Waals surface area contributed by atoms with Crippen LogP contribution in [0.3, 0.4) is 0 Å². The van der Waals surface area contributed by atoms with Crippen LogP contribution in [0.2, 0.25) is 0 Å². The summed E-state index contributed by atoms with van der Waals surface area (Å²) in [6.07, 6.45) is 7.74. The predicted molar refractivity (Wildman–Crippen MR) is 116 cm³/mol. The van der Waals surface area contributed by atoms with Crippen molar-refractivity contribution in [2.75, 3.05) is 20.1 Å². The first-order chi connectivity index (χ1) is 14.6. The van der Waals surface area contributed by atoms with E-state index in [1.165, 1.54) is 37.8 Å². The van der Waals surface area contributed by atoms with E-state index in [-0.39, 0.29) is 17.8 Å². The lowest BCUT2D eigenvalue weighted by molar-refractivity contribution is 0.0752. The van der Waals surface area contributed by atoms with Gasteiger partial charge in [0, 0.05) is 38.3 Å². The maximum Gasteiger partial charge on any atom is 0.254 e. The van der Waals surface area contributed by atoms with Crippen LogP contribution in [0.25, 0.3) is 0 Å². The molecule has 0 aromatic heterocycles. The fourth-order valence-corrected chi connectivity index (χ4v) is 4.68. The van der Waals surface area contributed by atoms with Crippen LogP contribution in [0.5, 0.6) is 5.75 Å². The number of hydrogen-bond donors (Lipinski definition) is 0. The highest BCUT2D eigenvalue weighted by Gasteiger charge is 2.28. The van der Waals surface area contributed by atoms with E-state index in [9.17, 15) is 9.18 Å². The lowest BCUT2D eigenvalue weighted by Gasteiger charge is -2.36. The van der Waals surface area contributed by atoms with Gasteiger partial charge in [-0.05, 0) is 61.6 Å². The minimum atomic E-state index is -0.272. The average Bonchev–Trinajstić information content (AvgIpc) is 3.30. The van der Waals surface area contributed by atoms with Crippen molar-refractivity contribution in [2.24, 2.45) is 0 Å². The standard InChI is InChI=1S/C25H31FN2O2/c1-27(18-19-9-11-21(26)12-10-19)25(29)20-5-4-8-24(17-20)30-23-13-15-28(16-14-23)22-6-2-3-7-22/h4-5,8-12,17,22-23H,2-3,6-7,13-16,18H2,1H3. The minimum absolute atomic E-state index is 0.0687. The summed E-state index contributed by atoms with van der Waals surface area (Å²) in [5.74, 6) is 0.419. The molecule has 1 saturated carbocycles. The number of piperidine rings is 1. The number of amides is 1. The minimum Gasteiger partial charge on any atom is -0.490 e. The molecule has 4 rings (SSSR count). The Bertz CT molecular complexity index is 840. The topological polar surface area (TPSA) is 32.8 Å². The molecule has 1 aliphatic heterocycles. The van der Waals surface area contributed by atoms with Crippen molar-refractivity contribution in [3.63, 3.8) is 0 Å². The summed E-state index contributed by atoms with van der Waals surface area (Å²) in [7, 11) is 1.76. The van der Waals surface area contributed by atoms with Crippen molar-refractivity contribution in [2.45, 2.75) is 57.2 Å². The number of carbonyl (C=O) groups excluding carboxylic acids is 1. The highest BCUT2D eigenvalue weighted by atomic mass is 19.1. The van der Waals surface area contributed by atoms with Gasteiger partial charge in [0.1, 0.15) is 17.7 Å². The third-order valence-electron chi connectivity index (χ3n) is 6.38. The first-order valence-electron chi connectivity index (χ1n) is 11.1. The van der Waals surface area contributed by atoms with Crippen molar-refractivity contribution < 1.29 is 13.9 Å². The van der Waals surface area contributed by atoms with Gasteiger partial charge >= 0.3 is 0 Å². The normalized spacial score (nSPS) is 18.5. The molecule has 0 bridgehead atoms. The van der Waals surface area contributed by atoms with Crippen LogP contribution in [0.1, 0.15) is 54.4 Å². The van der Waals surface area contributed by atoms with E-state index in [1.807, 2.05) is 24.3 Å². The number of benzene rings is 2.